The second-order valence-corrected chi connectivity index (χ2v) is 6.47. The maximum atomic E-state index is 13.7. The fourth-order valence-electron chi connectivity index (χ4n) is 1.42. The van der Waals surface area contributed by atoms with Gasteiger partial charge in [-0.3, -0.25) is 0 Å². The third-order valence-electron chi connectivity index (χ3n) is 2.74. The summed E-state index contributed by atoms with van der Waals surface area (Å²) in [7, 11) is -3.58. The van der Waals surface area contributed by atoms with Crippen molar-refractivity contribution in [3.63, 3.8) is 0 Å². The molecule has 96 valence electrons. The molecule has 0 fully saturated rings. The molecule has 0 spiro atoms. The highest BCUT2D eigenvalue weighted by molar-refractivity contribution is 7.91. The molecule has 2 atom stereocenters. The first kappa shape index (κ1) is 14.1. The van der Waals surface area contributed by atoms with Crippen molar-refractivity contribution in [3.05, 3.63) is 34.9 Å². The maximum Gasteiger partial charge on any atom is 0.152 e. The summed E-state index contributed by atoms with van der Waals surface area (Å²) in [5.74, 6) is -1.86. The normalized spacial score (nSPS) is 15.6. The first-order valence-corrected chi connectivity index (χ1v) is 6.93. The highest BCUT2D eigenvalue weighted by Gasteiger charge is 2.30. The van der Waals surface area contributed by atoms with Crippen LogP contribution >= 0.6 is 0 Å². The van der Waals surface area contributed by atoms with E-state index in [1.54, 1.807) is 0 Å². The van der Waals surface area contributed by atoms with Gasteiger partial charge in [0, 0.05) is 6.26 Å². The number of sulfone groups is 1. The fraction of sp³-hybridized carbons (Fsp3) is 0.455. The molecule has 17 heavy (non-hydrogen) atoms. The number of aliphatic hydroxyl groups excluding tert-OH is 1. The maximum absolute atomic E-state index is 13.7. The summed E-state index contributed by atoms with van der Waals surface area (Å²) >= 11 is 0. The minimum atomic E-state index is -3.58. The van der Waals surface area contributed by atoms with E-state index in [2.05, 4.69) is 0 Å². The van der Waals surface area contributed by atoms with Crippen LogP contribution in [0.2, 0.25) is 0 Å². The van der Waals surface area contributed by atoms with Crippen molar-refractivity contribution in [1.29, 1.82) is 0 Å². The zero-order valence-corrected chi connectivity index (χ0v) is 10.6. The smallest absolute Gasteiger partial charge is 0.152 e. The predicted octanol–water partition coefficient (Wildman–Crippen LogP) is 1.74. The van der Waals surface area contributed by atoms with Gasteiger partial charge >= 0.3 is 0 Å². The molecule has 0 bridgehead atoms. The van der Waals surface area contributed by atoms with Crippen LogP contribution in [-0.2, 0) is 9.84 Å². The first-order valence-electron chi connectivity index (χ1n) is 4.97. The summed E-state index contributed by atoms with van der Waals surface area (Å²) in [4.78, 5) is 0. The molecule has 0 aliphatic heterocycles. The van der Waals surface area contributed by atoms with Crippen molar-refractivity contribution in [3.8, 4) is 0 Å². The minimum absolute atomic E-state index is 0.154. The number of rotatable bonds is 3. The number of hydrogen-bond acceptors (Lipinski definition) is 3. The van der Waals surface area contributed by atoms with E-state index in [9.17, 15) is 22.3 Å². The monoisotopic (exact) mass is 264 g/mol. The Labute approximate surface area is 99.0 Å². The van der Waals surface area contributed by atoms with Crippen LogP contribution in [-0.4, -0.2) is 25.0 Å². The zero-order chi connectivity index (χ0) is 13.4. The SMILES string of the molecule is Cc1ccc(F)c(C(O)C(C)S(C)(=O)=O)c1F. The topological polar surface area (TPSA) is 54.4 Å². The van der Waals surface area contributed by atoms with Gasteiger partial charge in [0.2, 0.25) is 0 Å². The van der Waals surface area contributed by atoms with Gasteiger partial charge in [-0.05, 0) is 25.5 Å². The molecular formula is C11H14F2O3S. The third-order valence-corrected chi connectivity index (χ3v) is 4.34. The van der Waals surface area contributed by atoms with Gasteiger partial charge in [-0.15, -0.1) is 0 Å². The Kier molecular flexibility index (Phi) is 3.88. The van der Waals surface area contributed by atoms with Gasteiger partial charge in [0.25, 0.3) is 0 Å². The van der Waals surface area contributed by atoms with E-state index in [1.807, 2.05) is 0 Å². The number of benzene rings is 1. The minimum Gasteiger partial charge on any atom is -0.387 e. The quantitative estimate of drug-likeness (QED) is 0.904. The standard InChI is InChI=1S/C11H14F2O3S/c1-6-4-5-8(12)9(10(6)13)11(14)7(2)17(3,15)16/h4-5,7,11,14H,1-3H3. The van der Waals surface area contributed by atoms with Crippen LogP contribution in [0.5, 0.6) is 0 Å². The number of aryl methyl sites for hydroxylation is 1. The van der Waals surface area contributed by atoms with Crippen LogP contribution in [0.4, 0.5) is 8.78 Å². The van der Waals surface area contributed by atoms with Crippen LogP contribution in [0.25, 0.3) is 0 Å². The Balaban J connectivity index is 3.31. The largest absolute Gasteiger partial charge is 0.387 e. The van der Waals surface area contributed by atoms with Crippen LogP contribution < -0.4 is 0 Å². The van der Waals surface area contributed by atoms with E-state index in [0.717, 1.165) is 12.3 Å². The summed E-state index contributed by atoms with van der Waals surface area (Å²) in [5.41, 5.74) is -0.441. The van der Waals surface area contributed by atoms with E-state index in [4.69, 9.17) is 0 Å². The van der Waals surface area contributed by atoms with Crippen LogP contribution in [0.1, 0.15) is 24.2 Å². The molecular weight excluding hydrogens is 250 g/mol. The lowest BCUT2D eigenvalue weighted by atomic mass is 10.0. The Hall–Kier alpha value is -1.01. The Morgan fingerprint density at radius 3 is 2.29 bits per heavy atom. The van der Waals surface area contributed by atoms with E-state index >= 15 is 0 Å². The molecule has 0 aliphatic carbocycles. The molecule has 0 heterocycles. The highest BCUT2D eigenvalue weighted by Crippen LogP contribution is 2.28. The summed E-state index contributed by atoms with van der Waals surface area (Å²) in [6.07, 6.45) is -0.808. The molecule has 1 aromatic rings. The Morgan fingerprint density at radius 1 is 1.29 bits per heavy atom. The fourth-order valence-corrected chi connectivity index (χ4v) is 2.02. The first-order chi connectivity index (χ1) is 7.66. The molecule has 1 rings (SSSR count). The van der Waals surface area contributed by atoms with Crippen molar-refractivity contribution < 1.29 is 22.3 Å². The van der Waals surface area contributed by atoms with Crippen molar-refractivity contribution in [2.24, 2.45) is 0 Å². The molecule has 0 amide bonds. The lowest BCUT2D eigenvalue weighted by Crippen LogP contribution is -2.26. The van der Waals surface area contributed by atoms with Gasteiger partial charge in [0.05, 0.1) is 10.8 Å². The van der Waals surface area contributed by atoms with Gasteiger partial charge in [-0.1, -0.05) is 6.07 Å². The number of hydrogen-bond donors (Lipinski definition) is 1. The van der Waals surface area contributed by atoms with Crippen molar-refractivity contribution in [1.82, 2.24) is 0 Å². The van der Waals surface area contributed by atoms with Gasteiger partial charge in [-0.25, -0.2) is 17.2 Å². The van der Waals surface area contributed by atoms with E-state index < -0.39 is 38.4 Å². The molecule has 0 aliphatic rings. The van der Waals surface area contributed by atoms with Gasteiger partial charge in [-0.2, -0.15) is 0 Å². The van der Waals surface area contributed by atoms with Crippen LogP contribution in [0, 0.1) is 18.6 Å². The molecule has 0 saturated carbocycles. The highest BCUT2D eigenvalue weighted by atomic mass is 32.2. The molecule has 1 N–H and O–H groups in total. The average molecular weight is 264 g/mol. The number of halogens is 2. The second-order valence-electron chi connectivity index (χ2n) is 4.07. The second kappa shape index (κ2) is 4.70. The third kappa shape index (κ3) is 2.81. The summed E-state index contributed by atoms with van der Waals surface area (Å²) in [6, 6.07) is 2.23. The van der Waals surface area contributed by atoms with E-state index in [-0.39, 0.29) is 5.56 Å². The lowest BCUT2D eigenvalue weighted by molar-refractivity contribution is 0.166. The Morgan fingerprint density at radius 2 is 1.82 bits per heavy atom. The van der Waals surface area contributed by atoms with Gasteiger partial charge < -0.3 is 5.11 Å². The summed E-state index contributed by atoms with van der Waals surface area (Å²) in [5, 5.41) is 8.48. The van der Waals surface area contributed by atoms with Crippen molar-refractivity contribution >= 4 is 9.84 Å². The summed E-state index contributed by atoms with van der Waals surface area (Å²) < 4.78 is 49.6. The van der Waals surface area contributed by atoms with Crippen molar-refractivity contribution in [2.75, 3.05) is 6.26 Å². The predicted molar refractivity (Wildman–Crippen MR) is 60.4 cm³/mol. The van der Waals surface area contributed by atoms with Crippen molar-refractivity contribution in [2.45, 2.75) is 25.2 Å². The van der Waals surface area contributed by atoms with Crippen LogP contribution in [0.3, 0.4) is 0 Å². The molecule has 0 radical (unpaired) electrons. The van der Waals surface area contributed by atoms with E-state index in [0.29, 0.717) is 0 Å². The summed E-state index contributed by atoms with van der Waals surface area (Å²) in [6.45, 7) is 2.62. The van der Waals surface area contributed by atoms with Crippen LogP contribution in [0.15, 0.2) is 12.1 Å². The Bertz CT molecular complexity index is 526. The molecule has 6 heteroatoms. The van der Waals surface area contributed by atoms with Gasteiger partial charge in [0.15, 0.2) is 9.84 Å². The average Bonchev–Trinajstić information content (AvgIpc) is 2.21. The van der Waals surface area contributed by atoms with Gasteiger partial charge in [0.1, 0.15) is 17.7 Å². The molecule has 3 nitrogen and oxygen atoms in total. The molecule has 1 aromatic carbocycles. The molecule has 2 unspecified atom stereocenters. The zero-order valence-electron chi connectivity index (χ0n) is 9.74. The van der Waals surface area contributed by atoms with E-state index in [1.165, 1.54) is 19.9 Å². The number of aliphatic hydroxyl groups is 1. The molecule has 0 saturated heterocycles. The lowest BCUT2D eigenvalue weighted by Gasteiger charge is -2.19. The molecule has 0 aromatic heterocycles.